The molecule has 0 fully saturated rings. The average Bonchev–Trinajstić information content (AvgIpc) is 2.49. The topological polar surface area (TPSA) is 141 Å². The van der Waals surface area contributed by atoms with Gasteiger partial charge in [0.25, 0.3) is 0 Å². The summed E-state index contributed by atoms with van der Waals surface area (Å²) in [7, 11) is 0. The monoisotopic (exact) mass is 338 g/mol. The Morgan fingerprint density at radius 3 is 1.52 bits per heavy atom. The van der Waals surface area contributed by atoms with Crippen molar-refractivity contribution in [2.75, 3.05) is 13.2 Å². The Hall–Kier alpha value is -1.67. The summed E-state index contributed by atoms with van der Waals surface area (Å²) in [5, 5.41) is 32.9. The SMILES string of the molecule is CC(=O)OCC(O)CO.CCCCC(=O)O.CCCCC(=O)O. The predicted octanol–water partition coefficient (Wildman–Crippen LogP) is 1.43. The molecule has 0 aliphatic rings. The van der Waals surface area contributed by atoms with Gasteiger partial charge in [0.05, 0.1) is 6.61 Å². The number of rotatable bonds is 9. The van der Waals surface area contributed by atoms with E-state index >= 15 is 0 Å². The molecule has 4 N–H and O–H groups in total. The molecule has 23 heavy (non-hydrogen) atoms. The normalized spacial score (nSPS) is 10.3. The van der Waals surface area contributed by atoms with Gasteiger partial charge in [-0.05, 0) is 12.8 Å². The molecule has 0 aliphatic carbocycles. The van der Waals surface area contributed by atoms with Crippen LogP contribution >= 0.6 is 0 Å². The van der Waals surface area contributed by atoms with Crippen LogP contribution in [0.1, 0.15) is 59.3 Å². The quantitative estimate of drug-likeness (QED) is 0.462. The molecular weight excluding hydrogens is 308 g/mol. The summed E-state index contributed by atoms with van der Waals surface area (Å²) in [6.07, 6.45) is 3.21. The highest BCUT2D eigenvalue weighted by Gasteiger charge is 2.02. The van der Waals surface area contributed by atoms with E-state index in [0.717, 1.165) is 25.7 Å². The Morgan fingerprint density at radius 2 is 1.35 bits per heavy atom. The van der Waals surface area contributed by atoms with Crippen molar-refractivity contribution in [2.24, 2.45) is 0 Å². The number of carboxylic acids is 2. The van der Waals surface area contributed by atoms with Crippen molar-refractivity contribution in [1.82, 2.24) is 0 Å². The molecule has 0 saturated carbocycles. The molecule has 0 spiro atoms. The van der Waals surface area contributed by atoms with Gasteiger partial charge < -0.3 is 25.2 Å². The molecule has 8 heteroatoms. The van der Waals surface area contributed by atoms with Crippen LogP contribution in [-0.2, 0) is 19.1 Å². The molecule has 0 heterocycles. The van der Waals surface area contributed by atoms with Gasteiger partial charge in [-0.2, -0.15) is 0 Å². The summed E-state index contributed by atoms with van der Waals surface area (Å²) in [5.41, 5.74) is 0. The first kappa shape index (κ1) is 26.2. The van der Waals surface area contributed by atoms with Crippen molar-refractivity contribution >= 4 is 17.9 Å². The number of hydrogen-bond donors (Lipinski definition) is 4. The first-order valence-electron chi connectivity index (χ1n) is 7.56. The van der Waals surface area contributed by atoms with Crippen LogP contribution in [0.3, 0.4) is 0 Å². The number of aliphatic hydroxyl groups excluding tert-OH is 2. The molecule has 0 amide bonds. The Morgan fingerprint density at radius 1 is 0.957 bits per heavy atom. The number of esters is 1. The molecule has 0 saturated heterocycles. The number of unbranched alkanes of at least 4 members (excludes halogenated alkanes) is 2. The van der Waals surface area contributed by atoms with Crippen LogP contribution in [0.5, 0.6) is 0 Å². The highest BCUT2D eigenvalue weighted by Crippen LogP contribution is 1.91. The van der Waals surface area contributed by atoms with Crippen LogP contribution in [0.25, 0.3) is 0 Å². The van der Waals surface area contributed by atoms with Gasteiger partial charge in [-0.25, -0.2) is 0 Å². The zero-order chi connectivity index (χ0) is 18.7. The number of ether oxygens (including phenoxy) is 1. The van der Waals surface area contributed by atoms with E-state index in [9.17, 15) is 14.4 Å². The Balaban J connectivity index is -0.000000264. The van der Waals surface area contributed by atoms with E-state index in [2.05, 4.69) is 4.74 Å². The van der Waals surface area contributed by atoms with Gasteiger partial charge in [0.2, 0.25) is 0 Å². The summed E-state index contributed by atoms with van der Waals surface area (Å²) in [6.45, 7) is 4.68. The Bertz CT molecular complexity index is 286. The lowest BCUT2D eigenvalue weighted by molar-refractivity contribution is -0.144. The summed E-state index contributed by atoms with van der Waals surface area (Å²) in [5.74, 6) is -1.84. The highest BCUT2D eigenvalue weighted by molar-refractivity contribution is 5.66. The minimum absolute atomic E-state index is 0.133. The second-order valence-corrected chi connectivity index (χ2v) is 4.63. The third kappa shape index (κ3) is 38.4. The van der Waals surface area contributed by atoms with E-state index in [-0.39, 0.29) is 13.2 Å². The summed E-state index contributed by atoms with van der Waals surface area (Å²) in [4.78, 5) is 29.6. The largest absolute Gasteiger partial charge is 0.481 e. The lowest BCUT2D eigenvalue weighted by Crippen LogP contribution is -2.20. The summed E-state index contributed by atoms with van der Waals surface area (Å²) >= 11 is 0. The zero-order valence-corrected chi connectivity index (χ0v) is 14.2. The van der Waals surface area contributed by atoms with Crippen molar-refractivity contribution in [3.63, 3.8) is 0 Å². The molecular formula is C15H30O8. The lowest BCUT2D eigenvalue weighted by atomic mass is 10.3. The first-order valence-corrected chi connectivity index (χ1v) is 7.56. The van der Waals surface area contributed by atoms with Crippen molar-refractivity contribution in [1.29, 1.82) is 0 Å². The number of hydrogen-bond acceptors (Lipinski definition) is 6. The van der Waals surface area contributed by atoms with E-state index < -0.39 is 24.0 Å². The molecule has 1 unspecified atom stereocenters. The van der Waals surface area contributed by atoms with Crippen LogP contribution < -0.4 is 0 Å². The van der Waals surface area contributed by atoms with E-state index in [1.165, 1.54) is 6.92 Å². The maximum Gasteiger partial charge on any atom is 0.303 e. The Kier molecular flexibility index (Phi) is 23.2. The van der Waals surface area contributed by atoms with Gasteiger partial charge in [-0.1, -0.05) is 26.7 Å². The Labute approximate surface area is 137 Å². The van der Waals surface area contributed by atoms with Crippen LogP contribution in [0.2, 0.25) is 0 Å². The molecule has 0 aromatic rings. The van der Waals surface area contributed by atoms with Gasteiger partial charge in [0.15, 0.2) is 0 Å². The van der Waals surface area contributed by atoms with Crippen molar-refractivity contribution in [3.05, 3.63) is 0 Å². The molecule has 1 atom stereocenters. The van der Waals surface area contributed by atoms with Gasteiger partial charge >= 0.3 is 17.9 Å². The number of carbonyl (C=O) groups excluding carboxylic acids is 1. The number of carbonyl (C=O) groups is 3. The summed E-state index contributed by atoms with van der Waals surface area (Å²) in [6, 6.07) is 0. The number of aliphatic carboxylic acids is 2. The van der Waals surface area contributed by atoms with Gasteiger partial charge in [-0.15, -0.1) is 0 Å². The van der Waals surface area contributed by atoms with E-state index in [0.29, 0.717) is 12.8 Å². The van der Waals surface area contributed by atoms with E-state index in [1.54, 1.807) is 0 Å². The molecule has 0 aromatic heterocycles. The standard InChI is InChI=1S/C5H10O4.2C5H10O2/c1-4(7)9-3-5(8)2-6;2*1-2-3-4-5(6)7/h5-6,8H,2-3H2,1H3;2*2-4H2,1H3,(H,6,7). The second kappa shape index (κ2) is 20.3. The minimum atomic E-state index is -0.950. The predicted molar refractivity (Wildman–Crippen MR) is 84.0 cm³/mol. The minimum Gasteiger partial charge on any atom is -0.481 e. The number of aliphatic hydroxyl groups is 2. The highest BCUT2D eigenvalue weighted by atomic mass is 16.5. The van der Waals surface area contributed by atoms with E-state index in [4.69, 9.17) is 20.4 Å². The van der Waals surface area contributed by atoms with Gasteiger partial charge in [0, 0.05) is 19.8 Å². The smallest absolute Gasteiger partial charge is 0.303 e. The van der Waals surface area contributed by atoms with Gasteiger partial charge in [0.1, 0.15) is 12.7 Å². The fraction of sp³-hybridized carbons (Fsp3) is 0.800. The third-order valence-corrected chi connectivity index (χ3v) is 2.18. The molecule has 0 aliphatic heterocycles. The zero-order valence-electron chi connectivity index (χ0n) is 14.2. The first-order chi connectivity index (χ1) is 10.7. The average molecular weight is 338 g/mol. The fourth-order valence-corrected chi connectivity index (χ4v) is 0.922. The molecule has 138 valence electrons. The molecule has 0 rings (SSSR count). The lowest BCUT2D eigenvalue weighted by Gasteiger charge is -2.05. The molecule has 0 bridgehead atoms. The fourth-order valence-electron chi connectivity index (χ4n) is 0.922. The molecule has 0 radical (unpaired) electrons. The van der Waals surface area contributed by atoms with Crippen LogP contribution in [-0.4, -0.2) is 57.7 Å². The van der Waals surface area contributed by atoms with Gasteiger partial charge in [-0.3, -0.25) is 14.4 Å². The van der Waals surface area contributed by atoms with E-state index in [1.807, 2.05) is 13.8 Å². The maximum atomic E-state index is 10.0. The van der Waals surface area contributed by atoms with Crippen molar-refractivity contribution in [3.8, 4) is 0 Å². The van der Waals surface area contributed by atoms with Crippen LogP contribution in [0.4, 0.5) is 0 Å². The van der Waals surface area contributed by atoms with Crippen LogP contribution in [0.15, 0.2) is 0 Å². The second-order valence-electron chi connectivity index (χ2n) is 4.63. The van der Waals surface area contributed by atoms with Crippen molar-refractivity contribution in [2.45, 2.75) is 65.4 Å². The molecule has 8 nitrogen and oxygen atoms in total. The van der Waals surface area contributed by atoms with Crippen LogP contribution in [0, 0.1) is 0 Å². The number of carboxylic acid groups (broad SMARTS) is 2. The maximum absolute atomic E-state index is 10.0. The third-order valence-electron chi connectivity index (χ3n) is 2.18. The summed E-state index contributed by atoms with van der Waals surface area (Å²) < 4.78 is 4.35. The van der Waals surface area contributed by atoms with Crippen molar-refractivity contribution < 1.29 is 39.5 Å². The molecule has 0 aromatic carbocycles.